The van der Waals surface area contributed by atoms with Crippen LogP contribution in [0.4, 0.5) is 5.82 Å². The third-order valence-electron chi connectivity index (χ3n) is 6.78. The lowest BCUT2D eigenvalue weighted by atomic mass is 10.1. The summed E-state index contributed by atoms with van der Waals surface area (Å²) in [5.41, 5.74) is 5.62. The molecule has 1 amide bonds. The number of hydrogen-bond acceptors (Lipinski definition) is 5. The van der Waals surface area contributed by atoms with Gasteiger partial charge in [-0.1, -0.05) is 60.7 Å². The molecule has 38 heavy (non-hydrogen) atoms. The molecule has 3 aromatic carbocycles. The van der Waals surface area contributed by atoms with Crippen molar-refractivity contribution in [1.82, 2.24) is 24.9 Å². The van der Waals surface area contributed by atoms with Crippen molar-refractivity contribution in [1.29, 1.82) is 5.26 Å². The van der Waals surface area contributed by atoms with Gasteiger partial charge in [0.1, 0.15) is 5.69 Å². The number of benzene rings is 3. The summed E-state index contributed by atoms with van der Waals surface area (Å²) in [5.74, 6) is 0.806. The molecule has 1 fully saturated rings. The largest absolute Gasteiger partial charge is 0.352 e. The number of carbonyl (C=O) groups excluding carboxylic acids is 1. The Morgan fingerprint density at radius 3 is 2.18 bits per heavy atom. The molecule has 0 radical (unpaired) electrons. The topological polar surface area (TPSA) is 93.8 Å². The van der Waals surface area contributed by atoms with E-state index in [2.05, 4.69) is 21.2 Å². The van der Waals surface area contributed by atoms with Gasteiger partial charge in [0.05, 0.1) is 28.7 Å². The Balaban J connectivity index is 1.19. The minimum Gasteiger partial charge on any atom is -0.352 e. The molecule has 2 aromatic heterocycles. The fourth-order valence-corrected chi connectivity index (χ4v) is 4.70. The van der Waals surface area contributed by atoms with Gasteiger partial charge in [0, 0.05) is 37.8 Å². The minimum atomic E-state index is -0.0384. The summed E-state index contributed by atoms with van der Waals surface area (Å²) in [6.45, 7) is 2.51. The van der Waals surface area contributed by atoms with E-state index in [0.29, 0.717) is 37.4 Å². The van der Waals surface area contributed by atoms with Crippen LogP contribution in [0.1, 0.15) is 16.1 Å². The van der Waals surface area contributed by atoms with Crippen LogP contribution in [0.2, 0.25) is 0 Å². The quantitative estimate of drug-likeness (QED) is 0.376. The number of nitrogens with one attached hydrogen (secondary N) is 1. The van der Waals surface area contributed by atoms with Crippen LogP contribution < -0.4 is 4.90 Å². The molecule has 8 nitrogen and oxygen atoms in total. The van der Waals surface area contributed by atoms with Crippen LogP contribution in [0.15, 0.2) is 97.1 Å². The van der Waals surface area contributed by atoms with Crippen LogP contribution in [0.3, 0.4) is 0 Å². The lowest BCUT2D eigenvalue weighted by molar-refractivity contribution is 0.0737. The van der Waals surface area contributed by atoms with Gasteiger partial charge in [-0.15, -0.1) is 0 Å². The summed E-state index contributed by atoms with van der Waals surface area (Å²) >= 11 is 0. The zero-order chi connectivity index (χ0) is 25.9. The maximum atomic E-state index is 13.7. The Labute approximate surface area is 220 Å². The van der Waals surface area contributed by atoms with Gasteiger partial charge in [0.25, 0.3) is 5.91 Å². The van der Waals surface area contributed by atoms with Gasteiger partial charge in [-0.25, -0.2) is 4.68 Å². The average Bonchev–Trinajstić information content (AvgIpc) is 3.67. The van der Waals surface area contributed by atoms with Gasteiger partial charge in [-0.3, -0.25) is 9.89 Å². The summed E-state index contributed by atoms with van der Waals surface area (Å²) in [6, 6.07) is 33.1. The highest BCUT2D eigenvalue weighted by atomic mass is 16.2. The standard InChI is InChI=1S/C30H25N7O/c31-21-22-11-13-24(14-12-22)26-20-29(33-32-26)35-15-17-36(18-16-35)30(38)28-19-27(23-7-3-1-4-8-23)34-37(28)25-9-5-2-6-10-25/h1-14,19-20H,15-18H2,(H,32,33). The number of aromatic nitrogens is 4. The SMILES string of the molecule is N#Cc1ccc(-c2cc(N3CCN(C(=O)c4cc(-c5ccccc5)nn4-c4ccccc4)CC3)n[nH]2)cc1. The van der Waals surface area contributed by atoms with Gasteiger partial charge in [-0.2, -0.15) is 15.5 Å². The maximum Gasteiger partial charge on any atom is 0.272 e. The number of aromatic amines is 1. The Morgan fingerprint density at radius 1 is 0.816 bits per heavy atom. The Bertz CT molecular complexity index is 1590. The molecule has 0 atom stereocenters. The highest BCUT2D eigenvalue weighted by Gasteiger charge is 2.27. The Hall–Kier alpha value is -5.16. The first-order valence-electron chi connectivity index (χ1n) is 12.5. The van der Waals surface area contributed by atoms with E-state index in [1.54, 1.807) is 16.8 Å². The molecule has 1 N–H and O–H groups in total. The highest BCUT2D eigenvalue weighted by Crippen LogP contribution is 2.25. The number of nitriles is 1. The van der Waals surface area contributed by atoms with E-state index < -0.39 is 0 Å². The van der Waals surface area contributed by atoms with E-state index in [4.69, 9.17) is 10.4 Å². The summed E-state index contributed by atoms with van der Waals surface area (Å²) in [4.78, 5) is 17.8. The van der Waals surface area contributed by atoms with Crippen molar-refractivity contribution in [3.8, 4) is 34.3 Å². The van der Waals surface area contributed by atoms with Gasteiger partial charge in [0.2, 0.25) is 0 Å². The number of hydrogen-bond donors (Lipinski definition) is 1. The molecular formula is C30H25N7O. The van der Waals surface area contributed by atoms with Crippen LogP contribution in [0, 0.1) is 11.3 Å². The third-order valence-corrected chi connectivity index (χ3v) is 6.78. The molecule has 0 spiro atoms. The van der Waals surface area contributed by atoms with Crippen LogP contribution in [0.5, 0.6) is 0 Å². The van der Waals surface area contributed by atoms with Crippen molar-refractivity contribution < 1.29 is 4.79 Å². The number of amides is 1. The molecule has 186 valence electrons. The van der Waals surface area contributed by atoms with Crippen LogP contribution in [-0.2, 0) is 0 Å². The van der Waals surface area contributed by atoms with E-state index in [-0.39, 0.29) is 5.91 Å². The van der Waals surface area contributed by atoms with E-state index in [1.807, 2.05) is 89.8 Å². The number of piperazine rings is 1. The molecule has 1 aliphatic rings. The monoisotopic (exact) mass is 499 g/mol. The van der Waals surface area contributed by atoms with Crippen molar-refractivity contribution in [2.45, 2.75) is 0 Å². The molecule has 1 saturated heterocycles. The van der Waals surface area contributed by atoms with E-state index in [9.17, 15) is 4.79 Å². The maximum absolute atomic E-state index is 13.7. The molecule has 8 heteroatoms. The van der Waals surface area contributed by atoms with Crippen LogP contribution in [0.25, 0.3) is 28.2 Å². The number of nitrogens with zero attached hydrogens (tertiary/aromatic N) is 6. The molecular weight excluding hydrogens is 474 g/mol. The zero-order valence-corrected chi connectivity index (χ0v) is 20.7. The number of H-pyrrole nitrogens is 1. The number of para-hydroxylation sites is 1. The van der Waals surface area contributed by atoms with E-state index >= 15 is 0 Å². The van der Waals surface area contributed by atoms with Crippen molar-refractivity contribution in [2.75, 3.05) is 31.1 Å². The van der Waals surface area contributed by atoms with Crippen molar-refractivity contribution >= 4 is 11.7 Å². The van der Waals surface area contributed by atoms with Gasteiger partial charge in [-0.05, 0) is 35.9 Å². The smallest absolute Gasteiger partial charge is 0.272 e. The molecule has 3 heterocycles. The second kappa shape index (κ2) is 10.1. The van der Waals surface area contributed by atoms with Crippen molar-refractivity contribution in [2.24, 2.45) is 0 Å². The van der Waals surface area contributed by atoms with E-state index in [0.717, 1.165) is 34.0 Å². The Morgan fingerprint density at radius 2 is 1.50 bits per heavy atom. The first kappa shape index (κ1) is 23.3. The molecule has 0 unspecified atom stereocenters. The minimum absolute atomic E-state index is 0.0384. The molecule has 6 rings (SSSR count). The number of carbonyl (C=O) groups is 1. The second-order valence-corrected chi connectivity index (χ2v) is 9.14. The summed E-state index contributed by atoms with van der Waals surface area (Å²) in [6.07, 6.45) is 0. The molecule has 0 saturated carbocycles. The first-order chi connectivity index (χ1) is 18.7. The fourth-order valence-electron chi connectivity index (χ4n) is 4.70. The second-order valence-electron chi connectivity index (χ2n) is 9.14. The molecule has 1 aliphatic heterocycles. The molecule has 0 aliphatic carbocycles. The zero-order valence-electron chi connectivity index (χ0n) is 20.7. The fraction of sp³-hybridized carbons (Fsp3) is 0.133. The first-order valence-corrected chi connectivity index (χ1v) is 12.5. The predicted molar refractivity (Wildman–Crippen MR) is 146 cm³/mol. The molecule has 5 aromatic rings. The van der Waals surface area contributed by atoms with Crippen molar-refractivity contribution in [3.63, 3.8) is 0 Å². The van der Waals surface area contributed by atoms with Crippen LogP contribution >= 0.6 is 0 Å². The van der Waals surface area contributed by atoms with E-state index in [1.165, 1.54) is 0 Å². The average molecular weight is 500 g/mol. The van der Waals surface area contributed by atoms with Gasteiger partial charge in [0.15, 0.2) is 5.82 Å². The summed E-state index contributed by atoms with van der Waals surface area (Å²) in [5, 5.41) is 21.4. The lowest BCUT2D eigenvalue weighted by Gasteiger charge is -2.34. The number of anilines is 1. The third kappa shape index (κ3) is 4.53. The van der Waals surface area contributed by atoms with Crippen molar-refractivity contribution in [3.05, 3.63) is 108 Å². The summed E-state index contributed by atoms with van der Waals surface area (Å²) in [7, 11) is 0. The molecule has 0 bridgehead atoms. The normalized spacial score (nSPS) is 13.3. The Kier molecular flexibility index (Phi) is 6.16. The highest BCUT2D eigenvalue weighted by molar-refractivity contribution is 5.94. The summed E-state index contributed by atoms with van der Waals surface area (Å²) < 4.78 is 1.74. The van der Waals surface area contributed by atoms with Gasteiger partial charge >= 0.3 is 0 Å². The number of rotatable bonds is 5. The predicted octanol–water partition coefficient (Wildman–Crippen LogP) is 4.76. The van der Waals surface area contributed by atoms with Crippen LogP contribution in [-0.4, -0.2) is 57.0 Å². The lowest BCUT2D eigenvalue weighted by Crippen LogP contribution is -2.49. The van der Waals surface area contributed by atoms with Gasteiger partial charge < -0.3 is 9.80 Å².